The molecule has 1 atom stereocenters. The Kier molecular flexibility index (Phi) is 5.80. The Morgan fingerprint density at radius 2 is 1.87 bits per heavy atom. The van der Waals surface area contributed by atoms with Crippen LogP contribution in [-0.2, 0) is 9.59 Å². The summed E-state index contributed by atoms with van der Waals surface area (Å²) in [5, 5.41) is 9.42. The molecule has 4 heteroatoms. The molecule has 1 aromatic rings. The molecule has 0 saturated heterocycles. The number of carboxylic acid groups (broad SMARTS) is 1. The maximum absolute atomic E-state index is 12.6. The number of likely N-dealkylation sites (N-methyl/N-ethyl adjacent to an activating group) is 1. The average Bonchev–Trinajstić information content (AvgIpc) is 2.52. The van der Waals surface area contributed by atoms with Gasteiger partial charge in [0.05, 0.1) is 5.41 Å². The lowest BCUT2D eigenvalue weighted by atomic mass is 9.66. The zero-order chi connectivity index (χ0) is 16.9. The second-order valence-corrected chi connectivity index (χ2v) is 6.56. The Bertz CT molecular complexity index is 537. The highest BCUT2D eigenvalue weighted by atomic mass is 16.4. The summed E-state index contributed by atoms with van der Waals surface area (Å²) in [4.78, 5) is 25.9. The molecule has 4 nitrogen and oxygen atoms in total. The minimum absolute atomic E-state index is 0.0241. The number of rotatable bonds is 8. The number of carbonyl (C=O) groups is 2. The number of carbonyl (C=O) groups excluding carboxylic acids is 1. The number of carboxylic acids is 1. The largest absolute Gasteiger partial charge is 0.481 e. The van der Waals surface area contributed by atoms with Crippen molar-refractivity contribution in [3.8, 4) is 0 Å². The van der Waals surface area contributed by atoms with E-state index in [-0.39, 0.29) is 12.3 Å². The van der Waals surface area contributed by atoms with Crippen molar-refractivity contribution in [2.75, 3.05) is 13.1 Å². The monoisotopic (exact) mass is 317 g/mol. The minimum Gasteiger partial charge on any atom is -0.481 e. The van der Waals surface area contributed by atoms with Crippen LogP contribution < -0.4 is 0 Å². The molecule has 1 fully saturated rings. The number of aliphatic carboxylic acids is 1. The zero-order valence-electron chi connectivity index (χ0n) is 14.1. The highest BCUT2D eigenvalue weighted by molar-refractivity contribution is 5.85. The maximum atomic E-state index is 12.6. The molecule has 1 saturated carbocycles. The lowest BCUT2D eigenvalue weighted by molar-refractivity contribution is -0.159. The van der Waals surface area contributed by atoms with Crippen molar-refractivity contribution in [1.82, 2.24) is 4.90 Å². The van der Waals surface area contributed by atoms with Crippen LogP contribution in [0.5, 0.6) is 0 Å². The van der Waals surface area contributed by atoms with Crippen LogP contribution >= 0.6 is 0 Å². The van der Waals surface area contributed by atoms with E-state index in [1.165, 1.54) is 5.56 Å². The lowest BCUT2D eigenvalue weighted by Gasteiger charge is -2.38. The van der Waals surface area contributed by atoms with Crippen molar-refractivity contribution >= 4 is 11.9 Å². The smallest absolute Gasteiger partial charge is 0.310 e. The molecule has 1 N–H and O–H groups in total. The van der Waals surface area contributed by atoms with E-state index in [1.54, 1.807) is 0 Å². The quantitative estimate of drug-likeness (QED) is 0.796. The third kappa shape index (κ3) is 3.92. The van der Waals surface area contributed by atoms with Crippen LogP contribution in [0.2, 0.25) is 0 Å². The van der Waals surface area contributed by atoms with Gasteiger partial charge in [0.25, 0.3) is 0 Å². The van der Waals surface area contributed by atoms with Gasteiger partial charge in [-0.1, -0.05) is 43.7 Å². The normalized spacial score (nSPS) is 17.1. The molecule has 1 amide bonds. The van der Waals surface area contributed by atoms with Gasteiger partial charge in [-0.3, -0.25) is 9.59 Å². The van der Waals surface area contributed by atoms with Crippen molar-refractivity contribution in [3.05, 3.63) is 35.9 Å². The van der Waals surface area contributed by atoms with Crippen LogP contribution in [0.15, 0.2) is 30.3 Å². The first-order chi connectivity index (χ1) is 11.0. The summed E-state index contributed by atoms with van der Waals surface area (Å²) in [6, 6.07) is 10.2. The van der Waals surface area contributed by atoms with Crippen LogP contribution in [0.25, 0.3) is 0 Å². The van der Waals surface area contributed by atoms with E-state index in [2.05, 4.69) is 19.1 Å². The van der Waals surface area contributed by atoms with Gasteiger partial charge in [-0.25, -0.2) is 0 Å². The Hall–Kier alpha value is -1.84. The summed E-state index contributed by atoms with van der Waals surface area (Å²) in [7, 11) is 0. The van der Waals surface area contributed by atoms with E-state index in [0.29, 0.717) is 31.8 Å². The number of nitrogens with zero attached hydrogens (tertiary/aromatic N) is 1. The number of hydrogen-bond donors (Lipinski definition) is 1. The molecule has 0 radical (unpaired) electrons. The summed E-state index contributed by atoms with van der Waals surface area (Å²) < 4.78 is 0. The van der Waals surface area contributed by atoms with Gasteiger partial charge in [0, 0.05) is 25.4 Å². The third-order valence-corrected chi connectivity index (χ3v) is 5.19. The maximum Gasteiger partial charge on any atom is 0.310 e. The standard InChI is InChI=1S/C19H27NO3/c1-3-15(16-9-6-5-7-10-16)14-20(4-2)17(21)13-19(18(22)23)11-8-12-19/h5-7,9-10,15H,3-4,8,11-14H2,1-2H3,(H,22,23). The molecule has 1 aliphatic rings. The van der Waals surface area contributed by atoms with Crippen molar-refractivity contribution in [3.63, 3.8) is 0 Å². The van der Waals surface area contributed by atoms with Crippen molar-refractivity contribution in [2.24, 2.45) is 5.41 Å². The van der Waals surface area contributed by atoms with Gasteiger partial charge in [0.2, 0.25) is 5.91 Å². The van der Waals surface area contributed by atoms with Gasteiger partial charge in [0.15, 0.2) is 0 Å². The first kappa shape index (κ1) is 17.5. The Labute approximate surface area is 138 Å². The molecule has 0 aliphatic heterocycles. The molecule has 0 aromatic heterocycles. The number of benzene rings is 1. The fourth-order valence-corrected chi connectivity index (χ4v) is 3.34. The SMILES string of the molecule is CCC(CN(CC)C(=O)CC1(C(=O)O)CCC1)c1ccccc1. The Balaban J connectivity index is 2.03. The van der Waals surface area contributed by atoms with E-state index >= 15 is 0 Å². The first-order valence-electron chi connectivity index (χ1n) is 8.58. The highest BCUT2D eigenvalue weighted by Crippen LogP contribution is 2.44. The van der Waals surface area contributed by atoms with Crippen LogP contribution in [-0.4, -0.2) is 35.0 Å². The zero-order valence-corrected chi connectivity index (χ0v) is 14.1. The summed E-state index contributed by atoms with van der Waals surface area (Å²) in [6.45, 7) is 5.37. The lowest BCUT2D eigenvalue weighted by Crippen LogP contribution is -2.44. The van der Waals surface area contributed by atoms with Gasteiger partial charge in [-0.05, 0) is 31.7 Å². The van der Waals surface area contributed by atoms with Crippen LogP contribution in [0, 0.1) is 5.41 Å². The molecule has 126 valence electrons. The minimum atomic E-state index is -0.816. The van der Waals surface area contributed by atoms with E-state index in [4.69, 9.17) is 0 Å². The molecule has 0 heterocycles. The topological polar surface area (TPSA) is 57.6 Å². The summed E-state index contributed by atoms with van der Waals surface area (Å²) in [5.74, 6) is -0.547. The van der Waals surface area contributed by atoms with E-state index in [1.807, 2.05) is 30.0 Å². The van der Waals surface area contributed by atoms with Crippen LogP contribution in [0.4, 0.5) is 0 Å². The predicted molar refractivity (Wildman–Crippen MR) is 90.3 cm³/mol. The molecule has 0 spiro atoms. The Morgan fingerprint density at radius 1 is 1.22 bits per heavy atom. The van der Waals surface area contributed by atoms with Crippen molar-refractivity contribution < 1.29 is 14.7 Å². The molecular weight excluding hydrogens is 290 g/mol. The average molecular weight is 317 g/mol. The molecule has 1 aromatic carbocycles. The van der Waals surface area contributed by atoms with Gasteiger partial charge in [0.1, 0.15) is 0 Å². The summed E-state index contributed by atoms with van der Waals surface area (Å²) >= 11 is 0. The fraction of sp³-hybridized carbons (Fsp3) is 0.579. The second-order valence-electron chi connectivity index (χ2n) is 6.56. The van der Waals surface area contributed by atoms with Gasteiger partial charge in [-0.2, -0.15) is 0 Å². The van der Waals surface area contributed by atoms with Gasteiger partial charge in [-0.15, -0.1) is 0 Å². The van der Waals surface area contributed by atoms with Gasteiger partial charge < -0.3 is 10.0 Å². The van der Waals surface area contributed by atoms with E-state index in [0.717, 1.165) is 12.8 Å². The molecule has 0 bridgehead atoms. The molecular formula is C19H27NO3. The van der Waals surface area contributed by atoms with E-state index < -0.39 is 11.4 Å². The predicted octanol–water partition coefficient (Wildman–Crippen LogP) is 3.67. The van der Waals surface area contributed by atoms with Crippen molar-refractivity contribution in [1.29, 1.82) is 0 Å². The summed E-state index contributed by atoms with van der Waals surface area (Å²) in [6.07, 6.45) is 3.26. The molecule has 1 aliphatic carbocycles. The van der Waals surface area contributed by atoms with Crippen LogP contribution in [0.3, 0.4) is 0 Å². The molecule has 1 unspecified atom stereocenters. The fourth-order valence-electron chi connectivity index (χ4n) is 3.34. The van der Waals surface area contributed by atoms with Crippen molar-refractivity contribution in [2.45, 2.75) is 51.9 Å². The van der Waals surface area contributed by atoms with Crippen LogP contribution in [0.1, 0.15) is 57.4 Å². The summed E-state index contributed by atoms with van der Waals surface area (Å²) in [5.41, 5.74) is 0.428. The third-order valence-electron chi connectivity index (χ3n) is 5.19. The number of hydrogen-bond acceptors (Lipinski definition) is 2. The van der Waals surface area contributed by atoms with E-state index in [9.17, 15) is 14.7 Å². The number of amides is 1. The second kappa shape index (κ2) is 7.62. The Morgan fingerprint density at radius 3 is 2.30 bits per heavy atom. The first-order valence-corrected chi connectivity index (χ1v) is 8.58. The molecule has 23 heavy (non-hydrogen) atoms. The van der Waals surface area contributed by atoms with Gasteiger partial charge >= 0.3 is 5.97 Å². The highest BCUT2D eigenvalue weighted by Gasteiger charge is 2.46. The molecule has 2 rings (SSSR count).